The molecular weight excluding hydrogens is 140 g/mol. The number of allylic oxidation sites excluding steroid dienone is 3. The van der Waals surface area contributed by atoms with E-state index in [0.717, 1.165) is 30.3 Å². The van der Waals surface area contributed by atoms with Gasteiger partial charge in [0.1, 0.15) is 6.29 Å². The lowest BCUT2D eigenvalue weighted by Gasteiger charge is -1.94. The number of carbonyl (C=O) groups is 1. The molecule has 0 spiro atoms. The topological polar surface area (TPSA) is 26.3 Å². The molecule has 11 heavy (non-hydrogen) atoms. The van der Waals surface area contributed by atoms with E-state index < -0.39 is 0 Å². The van der Waals surface area contributed by atoms with Gasteiger partial charge in [-0.3, -0.25) is 4.79 Å². The summed E-state index contributed by atoms with van der Waals surface area (Å²) in [6.07, 6.45) is 6.34. The van der Waals surface area contributed by atoms with E-state index in [9.17, 15) is 4.79 Å². The zero-order chi connectivity index (χ0) is 8.10. The molecule has 0 bridgehead atoms. The lowest BCUT2D eigenvalue weighted by molar-refractivity contribution is -0.105. The molecular formula is C9H12O2. The van der Waals surface area contributed by atoms with Crippen molar-refractivity contribution in [3.8, 4) is 0 Å². The molecule has 1 rings (SSSR count). The van der Waals surface area contributed by atoms with Crippen molar-refractivity contribution < 1.29 is 9.53 Å². The summed E-state index contributed by atoms with van der Waals surface area (Å²) in [5.74, 6) is 0. The summed E-state index contributed by atoms with van der Waals surface area (Å²) in [4.78, 5) is 10.3. The fourth-order valence-corrected chi connectivity index (χ4v) is 1.05. The average molecular weight is 152 g/mol. The monoisotopic (exact) mass is 152 g/mol. The van der Waals surface area contributed by atoms with Crippen LogP contribution in [0.5, 0.6) is 0 Å². The summed E-state index contributed by atoms with van der Waals surface area (Å²) in [7, 11) is 0. The first kappa shape index (κ1) is 8.05. The number of hydrogen-bond donors (Lipinski definition) is 0. The van der Waals surface area contributed by atoms with E-state index in [2.05, 4.69) is 0 Å². The van der Waals surface area contributed by atoms with Crippen molar-refractivity contribution in [3.05, 3.63) is 23.5 Å². The Labute approximate surface area is 66.5 Å². The van der Waals surface area contributed by atoms with Crippen LogP contribution in [0.15, 0.2) is 23.5 Å². The summed E-state index contributed by atoms with van der Waals surface area (Å²) in [6.45, 7) is 2.63. The summed E-state index contributed by atoms with van der Waals surface area (Å²) in [5, 5.41) is 0. The highest BCUT2D eigenvalue weighted by molar-refractivity contribution is 5.75. The first-order chi connectivity index (χ1) is 5.36. The Morgan fingerprint density at radius 2 is 2.45 bits per heavy atom. The van der Waals surface area contributed by atoms with Gasteiger partial charge in [0, 0.05) is 0 Å². The van der Waals surface area contributed by atoms with Crippen LogP contribution in [-0.4, -0.2) is 12.9 Å². The van der Waals surface area contributed by atoms with Crippen molar-refractivity contribution >= 4 is 6.29 Å². The van der Waals surface area contributed by atoms with Crippen molar-refractivity contribution in [2.24, 2.45) is 0 Å². The molecule has 0 saturated heterocycles. The van der Waals surface area contributed by atoms with E-state index in [1.54, 1.807) is 6.26 Å². The van der Waals surface area contributed by atoms with Crippen LogP contribution < -0.4 is 0 Å². The summed E-state index contributed by atoms with van der Waals surface area (Å²) >= 11 is 0. The highest BCUT2D eigenvalue weighted by atomic mass is 16.5. The molecule has 0 amide bonds. The van der Waals surface area contributed by atoms with Gasteiger partial charge in [-0.2, -0.15) is 0 Å². The molecule has 1 aliphatic rings. The standard InChI is InChI=1S/C9H12O2/c1-2-11-7-9-4-3-8(5-9)6-10/h5-7H,2-4H2,1H3/b9-7-. The molecule has 2 nitrogen and oxygen atoms in total. The summed E-state index contributed by atoms with van der Waals surface area (Å²) in [6, 6.07) is 0. The van der Waals surface area contributed by atoms with Gasteiger partial charge in [-0.05, 0) is 37.0 Å². The molecule has 0 fully saturated rings. The van der Waals surface area contributed by atoms with Gasteiger partial charge in [0.25, 0.3) is 0 Å². The molecule has 1 aliphatic carbocycles. The minimum absolute atomic E-state index is 0.688. The Bertz CT molecular complexity index is 202. The predicted octanol–water partition coefficient (Wildman–Crippen LogP) is 1.83. The average Bonchev–Trinajstić information content (AvgIpc) is 2.48. The van der Waals surface area contributed by atoms with Crippen molar-refractivity contribution in [3.63, 3.8) is 0 Å². The number of carbonyl (C=O) groups excluding carboxylic acids is 1. The second kappa shape index (κ2) is 3.96. The zero-order valence-electron chi connectivity index (χ0n) is 6.67. The molecule has 0 heterocycles. The van der Waals surface area contributed by atoms with E-state index in [1.807, 2.05) is 13.0 Å². The van der Waals surface area contributed by atoms with Crippen LogP contribution in [0.4, 0.5) is 0 Å². The fourth-order valence-electron chi connectivity index (χ4n) is 1.05. The maximum absolute atomic E-state index is 10.3. The second-order valence-corrected chi connectivity index (χ2v) is 2.49. The Morgan fingerprint density at radius 3 is 3.00 bits per heavy atom. The van der Waals surface area contributed by atoms with E-state index >= 15 is 0 Å². The van der Waals surface area contributed by atoms with E-state index in [-0.39, 0.29) is 0 Å². The van der Waals surface area contributed by atoms with Gasteiger partial charge in [0.05, 0.1) is 12.9 Å². The lowest BCUT2D eigenvalue weighted by Crippen LogP contribution is -1.79. The molecule has 0 radical (unpaired) electrons. The molecule has 0 aromatic heterocycles. The van der Waals surface area contributed by atoms with Crippen molar-refractivity contribution in [2.75, 3.05) is 6.61 Å². The quantitative estimate of drug-likeness (QED) is 0.455. The molecule has 0 aromatic carbocycles. The lowest BCUT2D eigenvalue weighted by atomic mass is 10.2. The van der Waals surface area contributed by atoms with Gasteiger partial charge in [0.15, 0.2) is 0 Å². The smallest absolute Gasteiger partial charge is 0.146 e. The van der Waals surface area contributed by atoms with E-state index in [0.29, 0.717) is 6.61 Å². The summed E-state index contributed by atoms with van der Waals surface area (Å²) < 4.78 is 5.09. The first-order valence-electron chi connectivity index (χ1n) is 3.83. The van der Waals surface area contributed by atoms with Crippen molar-refractivity contribution in [1.29, 1.82) is 0 Å². The molecule has 60 valence electrons. The highest BCUT2D eigenvalue weighted by Crippen LogP contribution is 2.21. The van der Waals surface area contributed by atoms with Crippen LogP contribution in [0.3, 0.4) is 0 Å². The number of hydrogen-bond acceptors (Lipinski definition) is 2. The van der Waals surface area contributed by atoms with Crippen LogP contribution in [0.25, 0.3) is 0 Å². The molecule has 0 N–H and O–H groups in total. The van der Waals surface area contributed by atoms with Gasteiger partial charge in [-0.1, -0.05) is 0 Å². The van der Waals surface area contributed by atoms with Gasteiger partial charge in [0.2, 0.25) is 0 Å². The van der Waals surface area contributed by atoms with Gasteiger partial charge in [-0.15, -0.1) is 0 Å². The van der Waals surface area contributed by atoms with Crippen molar-refractivity contribution in [1.82, 2.24) is 0 Å². The maximum atomic E-state index is 10.3. The fraction of sp³-hybridized carbons (Fsp3) is 0.444. The van der Waals surface area contributed by atoms with Crippen molar-refractivity contribution in [2.45, 2.75) is 19.8 Å². The number of rotatable bonds is 3. The molecule has 0 aliphatic heterocycles. The van der Waals surface area contributed by atoms with Gasteiger partial charge < -0.3 is 4.74 Å². The normalized spacial score (nSPS) is 20.1. The van der Waals surface area contributed by atoms with Gasteiger partial charge >= 0.3 is 0 Å². The minimum Gasteiger partial charge on any atom is -0.501 e. The summed E-state index contributed by atoms with van der Waals surface area (Å²) in [5.41, 5.74) is 1.99. The number of aldehydes is 1. The first-order valence-corrected chi connectivity index (χ1v) is 3.83. The third kappa shape index (κ3) is 2.22. The second-order valence-electron chi connectivity index (χ2n) is 2.49. The molecule has 0 atom stereocenters. The van der Waals surface area contributed by atoms with E-state index in [1.165, 1.54) is 0 Å². The Balaban J connectivity index is 2.51. The Morgan fingerprint density at radius 1 is 1.64 bits per heavy atom. The SMILES string of the molecule is CCO/C=C1\C=C(C=O)CC1. The van der Waals surface area contributed by atoms with Crippen LogP contribution in [0.2, 0.25) is 0 Å². The number of ether oxygens (including phenoxy) is 1. The highest BCUT2D eigenvalue weighted by Gasteiger charge is 2.07. The van der Waals surface area contributed by atoms with Crippen LogP contribution in [0, 0.1) is 0 Å². The van der Waals surface area contributed by atoms with Crippen LogP contribution >= 0.6 is 0 Å². The minimum atomic E-state index is 0.688. The predicted molar refractivity (Wildman–Crippen MR) is 43.1 cm³/mol. The van der Waals surface area contributed by atoms with Gasteiger partial charge in [-0.25, -0.2) is 0 Å². The van der Waals surface area contributed by atoms with Crippen LogP contribution in [-0.2, 0) is 9.53 Å². The maximum Gasteiger partial charge on any atom is 0.146 e. The molecule has 2 heteroatoms. The third-order valence-corrected chi connectivity index (χ3v) is 1.63. The van der Waals surface area contributed by atoms with E-state index in [4.69, 9.17) is 4.74 Å². The van der Waals surface area contributed by atoms with Crippen LogP contribution in [0.1, 0.15) is 19.8 Å². The third-order valence-electron chi connectivity index (χ3n) is 1.63. The molecule has 0 unspecified atom stereocenters. The molecule has 0 aromatic rings. The zero-order valence-corrected chi connectivity index (χ0v) is 6.67. The largest absolute Gasteiger partial charge is 0.501 e. The molecule has 0 saturated carbocycles. The Kier molecular flexibility index (Phi) is 2.90. The Hall–Kier alpha value is -1.05.